The van der Waals surface area contributed by atoms with Crippen molar-refractivity contribution in [3.63, 3.8) is 0 Å². The van der Waals surface area contributed by atoms with Crippen molar-refractivity contribution in [1.82, 2.24) is 4.98 Å². The number of nitrogens with zero attached hydrogens (tertiary/aromatic N) is 2. The van der Waals surface area contributed by atoms with Crippen LogP contribution in [0.4, 0.5) is 5.13 Å². The lowest BCUT2D eigenvalue weighted by molar-refractivity contribution is 0.0917. The Hall–Kier alpha value is -1.60. The number of carbonyl (C=O) groups is 1. The third-order valence-corrected chi connectivity index (χ3v) is 6.72. The van der Waals surface area contributed by atoms with Gasteiger partial charge >= 0.3 is 0 Å². The summed E-state index contributed by atoms with van der Waals surface area (Å²) in [5, 5.41) is 1.14. The van der Waals surface area contributed by atoms with Gasteiger partial charge in [-0.25, -0.2) is 4.98 Å². The minimum Gasteiger partial charge on any atom is -0.376 e. The van der Waals surface area contributed by atoms with E-state index in [-0.39, 0.29) is 12.0 Å². The highest BCUT2D eigenvalue weighted by molar-refractivity contribution is 7.98. The van der Waals surface area contributed by atoms with Crippen molar-refractivity contribution in [3.05, 3.63) is 53.1 Å². The Morgan fingerprint density at radius 3 is 2.93 bits per heavy atom. The van der Waals surface area contributed by atoms with Crippen molar-refractivity contribution in [2.24, 2.45) is 0 Å². The summed E-state index contributed by atoms with van der Waals surface area (Å²) in [6, 6.07) is 13.3. The molecule has 1 aromatic heterocycles. The lowest BCUT2D eigenvalue weighted by atomic mass is 10.1. The molecule has 0 bridgehead atoms. The molecule has 0 unspecified atom stereocenters. The number of carbonyl (C=O) groups excluding carboxylic acids is 1. The Kier molecular flexibility index (Phi) is 5.68. The normalized spacial score (nSPS) is 16.7. The molecule has 140 valence electrons. The van der Waals surface area contributed by atoms with Gasteiger partial charge in [0.15, 0.2) is 5.13 Å². The van der Waals surface area contributed by atoms with E-state index in [1.165, 1.54) is 11.3 Å². The summed E-state index contributed by atoms with van der Waals surface area (Å²) in [5.41, 5.74) is 1.43. The van der Waals surface area contributed by atoms with E-state index < -0.39 is 0 Å². The van der Waals surface area contributed by atoms with Crippen molar-refractivity contribution in [2.45, 2.75) is 23.8 Å². The van der Waals surface area contributed by atoms with Crippen LogP contribution in [0.15, 0.2) is 47.4 Å². The smallest absolute Gasteiger partial charge is 0.261 e. The van der Waals surface area contributed by atoms with Gasteiger partial charge < -0.3 is 4.74 Å². The van der Waals surface area contributed by atoms with Gasteiger partial charge in [-0.15, -0.1) is 11.8 Å². The van der Waals surface area contributed by atoms with Gasteiger partial charge in [-0.3, -0.25) is 9.69 Å². The van der Waals surface area contributed by atoms with Crippen LogP contribution in [0, 0.1) is 0 Å². The number of ether oxygens (including phenoxy) is 1. The number of amides is 1. The maximum absolute atomic E-state index is 13.3. The Bertz CT molecular complexity index is 970. The summed E-state index contributed by atoms with van der Waals surface area (Å²) in [6.07, 6.45) is 4.04. The van der Waals surface area contributed by atoms with Crippen LogP contribution in [0.5, 0.6) is 0 Å². The van der Waals surface area contributed by atoms with E-state index in [9.17, 15) is 4.79 Å². The first-order chi connectivity index (χ1) is 13.2. The molecule has 2 aromatic carbocycles. The minimum absolute atomic E-state index is 0.0310. The van der Waals surface area contributed by atoms with E-state index in [1.54, 1.807) is 28.8 Å². The molecule has 1 aliphatic heterocycles. The number of fused-ring (bicyclic) bond motifs is 1. The van der Waals surface area contributed by atoms with Crippen LogP contribution >= 0.6 is 34.7 Å². The topological polar surface area (TPSA) is 42.4 Å². The average Bonchev–Trinajstić information content (AvgIpc) is 3.35. The molecule has 1 aliphatic rings. The molecular weight excluding hydrogens is 400 g/mol. The third-order valence-electron chi connectivity index (χ3n) is 4.58. The fourth-order valence-electron chi connectivity index (χ4n) is 3.21. The van der Waals surface area contributed by atoms with Crippen molar-refractivity contribution >= 4 is 56.0 Å². The zero-order valence-corrected chi connectivity index (χ0v) is 17.2. The van der Waals surface area contributed by atoms with Gasteiger partial charge in [0.1, 0.15) is 0 Å². The number of thiazole rings is 1. The zero-order chi connectivity index (χ0) is 18.8. The highest BCUT2D eigenvalue weighted by atomic mass is 35.5. The summed E-state index contributed by atoms with van der Waals surface area (Å²) in [5.74, 6) is -0.138. The van der Waals surface area contributed by atoms with Gasteiger partial charge in [-0.1, -0.05) is 41.1 Å². The number of thioether (sulfide) groups is 1. The van der Waals surface area contributed by atoms with Gasteiger partial charge in [0.05, 0.1) is 33.5 Å². The van der Waals surface area contributed by atoms with Gasteiger partial charge in [-0.2, -0.15) is 0 Å². The minimum atomic E-state index is -0.138. The summed E-state index contributed by atoms with van der Waals surface area (Å²) in [7, 11) is 0. The van der Waals surface area contributed by atoms with Crippen LogP contribution in [-0.4, -0.2) is 36.4 Å². The van der Waals surface area contributed by atoms with E-state index in [0.29, 0.717) is 22.3 Å². The molecule has 1 saturated heterocycles. The van der Waals surface area contributed by atoms with Crippen molar-refractivity contribution in [1.29, 1.82) is 0 Å². The van der Waals surface area contributed by atoms with Crippen molar-refractivity contribution < 1.29 is 9.53 Å². The predicted octanol–water partition coefficient (Wildman–Crippen LogP) is 5.50. The SMILES string of the molecule is CSc1cccc2sc(N(C[C@H]3CCCO3)C(=O)c3ccccc3Cl)nc12. The number of hydrogen-bond acceptors (Lipinski definition) is 5. The van der Waals surface area contributed by atoms with E-state index in [4.69, 9.17) is 21.3 Å². The Morgan fingerprint density at radius 1 is 1.33 bits per heavy atom. The quantitative estimate of drug-likeness (QED) is 0.513. The largest absolute Gasteiger partial charge is 0.376 e. The molecule has 0 radical (unpaired) electrons. The van der Waals surface area contributed by atoms with E-state index in [0.717, 1.165) is 34.6 Å². The molecular formula is C20H19ClN2O2S2. The van der Waals surface area contributed by atoms with Crippen LogP contribution < -0.4 is 4.90 Å². The monoisotopic (exact) mass is 418 g/mol. The molecule has 0 N–H and O–H groups in total. The molecule has 3 aromatic rings. The number of aromatic nitrogens is 1. The Labute approximate surface area is 171 Å². The first-order valence-electron chi connectivity index (χ1n) is 8.79. The number of halogens is 1. The molecule has 1 atom stereocenters. The van der Waals surface area contributed by atoms with Gasteiger partial charge in [0.25, 0.3) is 5.91 Å². The first-order valence-corrected chi connectivity index (χ1v) is 11.2. The molecule has 1 amide bonds. The van der Waals surface area contributed by atoms with Gasteiger partial charge in [0.2, 0.25) is 0 Å². The summed E-state index contributed by atoms with van der Waals surface area (Å²) < 4.78 is 6.86. The molecule has 4 rings (SSSR count). The number of rotatable bonds is 5. The second-order valence-corrected chi connectivity index (χ2v) is 8.60. The molecule has 27 heavy (non-hydrogen) atoms. The molecule has 1 fully saturated rings. The Morgan fingerprint density at radius 2 is 2.19 bits per heavy atom. The van der Waals surface area contributed by atoms with Crippen LogP contribution in [0.1, 0.15) is 23.2 Å². The summed E-state index contributed by atoms with van der Waals surface area (Å²) in [6.45, 7) is 1.23. The maximum Gasteiger partial charge on any atom is 0.261 e. The van der Waals surface area contributed by atoms with Crippen molar-refractivity contribution in [2.75, 3.05) is 24.3 Å². The zero-order valence-electron chi connectivity index (χ0n) is 14.9. The number of para-hydroxylation sites is 1. The fraction of sp³-hybridized carbons (Fsp3) is 0.300. The van der Waals surface area contributed by atoms with Crippen LogP contribution in [0.3, 0.4) is 0 Å². The van der Waals surface area contributed by atoms with Crippen LogP contribution in [0.2, 0.25) is 5.02 Å². The molecule has 0 spiro atoms. The molecule has 0 aliphatic carbocycles. The molecule has 2 heterocycles. The lowest BCUT2D eigenvalue weighted by Gasteiger charge is -2.23. The van der Waals surface area contributed by atoms with Gasteiger partial charge in [0, 0.05) is 11.5 Å². The lowest BCUT2D eigenvalue weighted by Crippen LogP contribution is -2.37. The standard InChI is InChI=1S/C20H19ClN2O2S2/c1-26-16-9-4-10-17-18(16)22-20(27-17)23(12-13-6-5-11-25-13)19(24)14-7-2-3-8-15(14)21/h2-4,7-10,13H,5-6,11-12H2,1H3/t13-/m1/s1. The average molecular weight is 419 g/mol. The number of anilines is 1. The first kappa shape index (κ1) is 18.7. The second-order valence-electron chi connectivity index (χ2n) is 6.33. The molecule has 0 saturated carbocycles. The number of hydrogen-bond donors (Lipinski definition) is 0. The van der Waals surface area contributed by atoms with E-state index in [1.807, 2.05) is 30.5 Å². The second kappa shape index (κ2) is 8.19. The molecule has 7 heteroatoms. The van der Waals surface area contributed by atoms with Gasteiger partial charge in [-0.05, 0) is 43.4 Å². The molecule has 4 nitrogen and oxygen atoms in total. The van der Waals surface area contributed by atoms with Crippen molar-refractivity contribution in [3.8, 4) is 0 Å². The predicted molar refractivity (Wildman–Crippen MR) is 114 cm³/mol. The van der Waals surface area contributed by atoms with E-state index >= 15 is 0 Å². The third kappa shape index (κ3) is 3.85. The van der Waals surface area contributed by atoms with E-state index in [2.05, 4.69) is 6.07 Å². The van der Waals surface area contributed by atoms with Crippen LogP contribution in [0.25, 0.3) is 10.2 Å². The Balaban J connectivity index is 1.75. The number of benzene rings is 2. The fourth-order valence-corrected chi connectivity index (χ4v) is 5.06. The summed E-state index contributed by atoms with van der Waals surface area (Å²) >= 11 is 9.48. The highest BCUT2D eigenvalue weighted by Crippen LogP contribution is 2.35. The summed E-state index contributed by atoms with van der Waals surface area (Å²) in [4.78, 5) is 21.0. The van der Waals surface area contributed by atoms with Crippen LogP contribution in [-0.2, 0) is 4.74 Å². The maximum atomic E-state index is 13.3. The highest BCUT2D eigenvalue weighted by Gasteiger charge is 2.28.